The normalized spacial score (nSPS) is 18.0. The number of nitrogens with zero attached hydrogens (tertiary/aromatic N) is 4. The maximum absolute atomic E-state index is 13.1. The van der Waals surface area contributed by atoms with Gasteiger partial charge in [0.1, 0.15) is 5.60 Å². The van der Waals surface area contributed by atoms with Gasteiger partial charge in [-0.15, -0.1) is 0 Å². The van der Waals surface area contributed by atoms with Crippen molar-refractivity contribution in [1.29, 1.82) is 0 Å². The molecule has 2 aliphatic heterocycles. The molecule has 5 rings (SSSR count). The number of carbonyl (C=O) groups excluding carboxylic acids is 2. The van der Waals surface area contributed by atoms with E-state index in [-0.39, 0.29) is 11.7 Å². The molecule has 1 fully saturated rings. The summed E-state index contributed by atoms with van der Waals surface area (Å²) in [5.41, 5.74) is 4.17. The molecule has 1 N–H and O–H groups in total. The molecule has 1 amide bonds. The van der Waals surface area contributed by atoms with Gasteiger partial charge < -0.3 is 14.6 Å². The number of amides is 1. The van der Waals surface area contributed by atoms with Crippen LogP contribution in [0.15, 0.2) is 18.5 Å². The lowest BCUT2D eigenvalue weighted by atomic mass is 9.83. The van der Waals surface area contributed by atoms with Crippen molar-refractivity contribution in [3.05, 3.63) is 41.0 Å². The Kier molecular flexibility index (Phi) is 4.20. The van der Waals surface area contributed by atoms with Crippen LogP contribution in [0.25, 0.3) is 11.0 Å². The molecule has 0 saturated carbocycles. The fourth-order valence-corrected chi connectivity index (χ4v) is 4.70. The van der Waals surface area contributed by atoms with Crippen molar-refractivity contribution in [3.63, 3.8) is 0 Å². The number of rotatable bonds is 2. The van der Waals surface area contributed by atoms with E-state index in [9.17, 15) is 9.59 Å². The molecular formula is C22H25N5O3. The van der Waals surface area contributed by atoms with Gasteiger partial charge in [-0.1, -0.05) is 0 Å². The molecule has 0 unspecified atom stereocenters. The number of nitrogens with one attached hydrogen (secondary N) is 1. The number of imidazole rings is 1. The first-order valence-corrected chi connectivity index (χ1v) is 10.4. The van der Waals surface area contributed by atoms with E-state index in [1.165, 1.54) is 0 Å². The number of Topliss-reactive ketones (excluding diaryl/α,β-unsaturated/α-hetero) is 1. The van der Waals surface area contributed by atoms with Crippen LogP contribution in [0.1, 0.15) is 58.3 Å². The molecule has 1 spiro atoms. The highest BCUT2D eigenvalue weighted by Gasteiger charge is 2.45. The number of fused-ring (bicyclic) bond motifs is 2. The average molecular weight is 407 g/mol. The van der Waals surface area contributed by atoms with E-state index in [2.05, 4.69) is 15.1 Å². The number of likely N-dealkylation sites (tertiary alicyclic amines) is 1. The van der Waals surface area contributed by atoms with Gasteiger partial charge in [0.25, 0.3) is 5.91 Å². The van der Waals surface area contributed by atoms with Gasteiger partial charge in [-0.05, 0) is 38.5 Å². The van der Waals surface area contributed by atoms with E-state index in [1.54, 1.807) is 6.33 Å². The minimum atomic E-state index is -0.545. The minimum absolute atomic E-state index is 0.00209. The second-order valence-electron chi connectivity index (χ2n) is 8.35. The molecule has 2 aromatic heterocycles. The Bertz CT molecular complexity index is 1170. The standard InChI is InChI=1S/C22H25N5O3/c1-4-27-14(3)20-19(25-27)17(28)11-22(30-20)5-7-26(8-6-22)21(29)15-9-13(2)18-16(10-15)23-12-24-18/h9-10,12H,4-8,11H2,1-3H3,(H,23,24). The van der Waals surface area contributed by atoms with Crippen molar-refractivity contribution in [2.75, 3.05) is 13.1 Å². The van der Waals surface area contributed by atoms with Crippen molar-refractivity contribution in [1.82, 2.24) is 24.6 Å². The lowest BCUT2D eigenvalue weighted by Gasteiger charge is -2.43. The third-order valence-corrected chi connectivity index (χ3v) is 6.44. The fourth-order valence-electron chi connectivity index (χ4n) is 4.70. The maximum atomic E-state index is 13.1. The fraction of sp³-hybridized carbons (Fsp3) is 0.455. The Morgan fingerprint density at radius 1 is 1.27 bits per heavy atom. The molecule has 0 aliphatic carbocycles. The molecule has 30 heavy (non-hydrogen) atoms. The van der Waals surface area contributed by atoms with Crippen LogP contribution in [-0.4, -0.2) is 55.0 Å². The number of benzene rings is 1. The van der Waals surface area contributed by atoms with Crippen molar-refractivity contribution in [2.45, 2.75) is 52.2 Å². The molecule has 8 heteroatoms. The van der Waals surface area contributed by atoms with Crippen LogP contribution >= 0.6 is 0 Å². The Balaban J connectivity index is 1.35. The quantitative estimate of drug-likeness (QED) is 0.705. The lowest BCUT2D eigenvalue weighted by Crippen LogP contribution is -2.52. The summed E-state index contributed by atoms with van der Waals surface area (Å²) >= 11 is 0. The average Bonchev–Trinajstić information content (AvgIpc) is 3.33. The molecule has 2 aliphatic rings. The zero-order valence-electron chi connectivity index (χ0n) is 17.5. The Hall–Kier alpha value is -3.16. The van der Waals surface area contributed by atoms with Crippen molar-refractivity contribution < 1.29 is 14.3 Å². The number of ether oxygens (including phenoxy) is 1. The molecule has 0 atom stereocenters. The number of piperidine rings is 1. The molecule has 0 radical (unpaired) electrons. The highest BCUT2D eigenvalue weighted by atomic mass is 16.5. The van der Waals surface area contributed by atoms with E-state index in [1.807, 2.05) is 42.5 Å². The van der Waals surface area contributed by atoms with E-state index < -0.39 is 5.60 Å². The van der Waals surface area contributed by atoms with E-state index in [0.29, 0.717) is 55.9 Å². The predicted molar refractivity (Wildman–Crippen MR) is 111 cm³/mol. The number of aryl methyl sites for hydroxylation is 2. The first-order chi connectivity index (χ1) is 14.4. The topological polar surface area (TPSA) is 93.1 Å². The summed E-state index contributed by atoms with van der Waals surface area (Å²) < 4.78 is 8.20. The van der Waals surface area contributed by atoms with E-state index in [0.717, 1.165) is 22.3 Å². The van der Waals surface area contributed by atoms with Crippen LogP contribution in [0.2, 0.25) is 0 Å². The van der Waals surface area contributed by atoms with Gasteiger partial charge in [0.15, 0.2) is 17.2 Å². The number of H-pyrrole nitrogens is 1. The van der Waals surface area contributed by atoms with Crippen LogP contribution in [0.5, 0.6) is 5.75 Å². The van der Waals surface area contributed by atoms with E-state index >= 15 is 0 Å². The van der Waals surface area contributed by atoms with Crippen molar-refractivity contribution >= 4 is 22.7 Å². The summed E-state index contributed by atoms with van der Waals surface area (Å²) in [7, 11) is 0. The predicted octanol–water partition coefficient (Wildman–Crippen LogP) is 3.04. The summed E-state index contributed by atoms with van der Waals surface area (Å²) in [6.45, 7) is 7.71. The number of carbonyl (C=O) groups is 2. The lowest BCUT2D eigenvalue weighted by molar-refractivity contribution is -0.00628. The maximum Gasteiger partial charge on any atom is 0.253 e. The number of ketones is 1. The second kappa shape index (κ2) is 6.68. The number of aromatic amines is 1. The Morgan fingerprint density at radius 2 is 2.03 bits per heavy atom. The zero-order valence-corrected chi connectivity index (χ0v) is 17.5. The van der Waals surface area contributed by atoms with Gasteiger partial charge >= 0.3 is 0 Å². The van der Waals surface area contributed by atoms with Crippen LogP contribution in [0.3, 0.4) is 0 Å². The summed E-state index contributed by atoms with van der Waals surface area (Å²) in [5, 5.41) is 4.41. The highest BCUT2D eigenvalue weighted by Crippen LogP contribution is 2.41. The number of hydrogen-bond acceptors (Lipinski definition) is 5. The molecule has 4 heterocycles. The third kappa shape index (κ3) is 2.81. The third-order valence-electron chi connectivity index (χ3n) is 6.44. The first-order valence-electron chi connectivity index (χ1n) is 10.4. The highest BCUT2D eigenvalue weighted by molar-refractivity contribution is 5.99. The van der Waals surface area contributed by atoms with Gasteiger partial charge in [-0.2, -0.15) is 5.10 Å². The van der Waals surface area contributed by atoms with Gasteiger partial charge in [0.2, 0.25) is 0 Å². The molecule has 0 bridgehead atoms. The Labute approximate surface area is 174 Å². The molecular weight excluding hydrogens is 382 g/mol. The molecule has 3 aromatic rings. The minimum Gasteiger partial charge on any atom is -0.482 e. The number of aromatic nitrogens is 4. The SMILES string of the molecule is CCn1nc2c(c1C)OC1(CCN(C(=O)c3cc(C)c4nc[nH]c4c3)CC1)CC2=O. The van der Waals surface area contributed by atoms with Gasteiger partial charge in [0, 0.05) is 38.0 Å². The summed E-state index contributed by atoms with van der Waals surface area (Å²) in [6, 6.07) is 3.75. The molecule has 156 valence electrons. The van der Waals surface area contributed by atoms with Crippen molar-refractivity contribution in [2.24, 2.45) is 0 Å². The van der Waals surface area contributed by atoms with Crippen LogP contribution in [-0.2, 0) is 6.54 Å². The molecule has 8 nitrogen and oxygen atoms in total. The first kappa shape index (κ1) is 18.8. The molecule has 1 saturated heterocycles. The second-order valence-corrected chi connectivity index (χ2v) is 8.35. The van der Waals surface area contributed by atoms with E-state index in [4.69, 9.17) is 4.74 Å². The largest absolute Gasteiger partial charge is 0.482 e. The molecule has 1 aromatic carbocycles. The summed E-state index contributed by atoms with van der Waals surface area (Å²) in [6.07, 6.45) is 3.23. The summed E-state index contributed by atoms with van der Waals surface area (Å²) in [5.74, 6) is 0.655. The number of hydrogen-bond donors (Lipinski definition) is 1. The zero-order chi connectivity index (χ0) is 21.0. The monoisotopic (exact) mass is 407 g/mol. The summed E-state index contributed by atoms with van der Waals surface area (Å²) in [4.78, 5) is 35.1. The Morgan fingerprint density at radius 3 is 2.77 bits per heavy atom. The van der Waals surface area contributed by atoms with Crippen molar-refractivity contribution in [3.8, 4) is 5.75 Å². The van der Waals surface area contributed by atoms with Crippen LogP contribution < -0.4 is 4.74 Å². The van der Waals surface area contributed by atoms with Gasteiger partial charge in [-0.25, -0.2) is 4.98 Å². The van der Waals surface area contributed by atoms with Crippen LogP contribution in [0.4, 0.5) is 0 Å². The van der Waals surface area contributed by atoms with Crippen LogP contribution in [0, 0.1) is 13.8 Å². The smallest absolute Gasteiger partial charge is 0.253 e. The van der Waals surface area contributed by atoms with Gasteiger partial charge in [-0.3, -0.25) is 14.3 Å². The van der Waals surface area contributed by atoms with Gasteiger partial charge in [0.05, 0.1) is 29.5 Å².